The molecule has 0 saturated carbocycles. The first kappa shape index (κ1) is 16.0. The topological polar surface area (TPSA) is 23.5 Å². The van der Waals surface area contributed by atoms with Gasteiger partial charge in [-0.3, -0.25) is 0 Å². The molecule has 0 aliphatic heterocycles. The molecule has 1 N–H and O–H groups in total. The average Bonchev–Trinajstić information content (AvgIpc) is 2.11. The van der Waals surface area contributed by atoms with Gasteiger partial charge < -0.3 is 10.0 Å². The normalized spacial score (nSPS) is 10.2. The second kappa shape index (κ2) is 12.5. The number of aliphatic hydroxyl groups is 1. The maximum Gasteiger partial charge on any atom is 0.0443 e. The number of unbranched alkanes of at least 4 members (excludes halogenated alkanes) is 2. The zero-order chi connectivity index (χ0) is 9.23. The van der Waals surface area contributed by atoms with E-state index in [2.05, 4.69) is 18.7 Å². The molecule has 0 aliphatic carbocycles. The third kappa shape index (κ3) is 10.4. The molecule has 0 rings (SSSR count). The van der Waals surface area contributed by atoms with E-state index in [0.717, 1.165) is 19.5 Å². The van der Waals surface area contributed by atoms with Crippen LogP contribution in [0.3, 0.4) is 0 Å². The number of hydrogen-bond donors (Lipinski definition) is 1. The van der Waals surface area contributed by atoms with Crippen molar-refractivity contribution in [3.8, 4) is 0 Å². The molecule has 0 amide bonds. The molecule has 0 aromatic rings. The predicted molar refractivity (Wildman–Crippen MR) is 53.3 cm³/mol. The summed E-state index contributed by atoms with van der Waals surface area (Å²) >= 11 is 0. The molecule has 0 aromatic heterocycles. The van der Waals surface area contributed by atoms with E-state index in [1.54, 1.807) is 0 Å². The van der Waals surface area contributed by atoms with Gasteiger partial charge in [0.2, 0.25) is 0 Å². The van der Waals surface area contributed by atoms with Crippen LogP contribution >= 0.6 is 0 Å². The smallest absolute Gasteiger partial charge is 0.0443 e. The first-order valence-corrected chi connectivity index (χ1v) is 5.18. The molecule has 79 valence electrons. The van der Waals surface area contributed by atoms with Crippen molar-refractivity contribution in [1.29, 1.82) is 0 Å². The maximum absolute atomic E-state index is 8.66. The van der Waals surface area contributed by atoms with E-state index in [9.17, 15) is 0 Å². The van der Waals surface area contributed by atoms with Crippen LogP contribution < -0.4 is 0 Å². The monoisotopic (exact) mass is 224 g/mol. The third-order valence-electron chi connectivity index (χ3n) is 2.16. The Labute approximate surface area is 94.6 Å². The zero-order valence-corrected chi connectivity index (χ0v) is 10.4. The van der Waals surface area contributed by atoms with Crippen LogP contribution in [0.2, 0.25) is 0 Å². The summed E-state index contributed by atoms with van der Waals surface area (Å²) in [6.45, 7) is 8.10. The molecular weight excluding hydrogens is 201 g/mol. The van der Waals surface area contributed by atoms with Gasteiger partial charge in [-0.05, 0) is 25.9 Å². The van der Waals surface area contributed by atoms with Gasteiger partial charge in [0.15, 0.2) is 0 Å². The third-order valence-corrected chi connectivity index (χ3v) is 2.16. The Morgan fingerprint density at radius 2 is 1.62 bits per heavy atom. The van der Waals surface area contributed by atoms with E-state index in [1.807, 2.05) is 0 Å². The fourth-order valence-corrected chi connectivity index (χ4v) is 1.31. The van der Waals surface area contributed by atoms with Crippen LogP contribution in [0, 0.1) is 0 Å². The standard InChI is InChI=1S/C10H23NO.V/c1-3-5-6-8-11(4-2)9-7-10-12;/h12H,3-10H2,1-2H3;. The molecule has 0 fully saturated rings. The van der Waals surface area contributed by atoms with Gasteiger partial charge in [-0.15, -0.1) is 0 Å². The zero-order valence-electron chi connectivity index (χ0n) is 9.00. The Bertz CT molecular complexity index is 91.0. The molecule has 0 aliphatic rings. The molecule has 13 heavy (non-hydrogen) atoms. The molecule has 0 unspecified atom stereocenters. The van der Waals surface area contributed by atoms with Gasteiger partial charge in [-0.2, -0.15) is 0 Å². The Hall–Kier alpha value is 0.504. The van der Waals surface area contributed by atoms with Gasteiger partial charge in [0.1, 0.15) is 0 Å². The van der Waals surface area contributed by atoms with Gasteiger partial charge in [0.25, 0.3) is 0 Å². The van der Waals surface area contributed by atoms with Gasteiger partial charge in [-0.25, -0.2) is 0 Å². The fourth-order valence-electron chi connectivity index (χ4n) is 1.31. The van der Waals surface area contributed by atoms with E-state index >= 15 is 0 Å². The summed E-state index contributed by atoms with van der Waals surface area (Å²) in [5.74, 6) is 0. The van der Waals surface area contributed by atoms with E-state index in [0.29, 0.717) is 6.61 Å². The molecule has 2 nitrogen and oxygen atoms in total. The van der Waals surface area contributed by atoms with Gasteiger partial charge in [-0.1, -0.05) is 26.7 Å². The average molecular weight is 224 g/mol. The Balaban J connectivity index is 0. The largest absolute Gasteiger partial charge is 0.396 e. The summed E-state index contributed by atoms with van der Waals surface area (Å²) in [7, 11) is 0. The van der Waals surface area contributed by atoms with E-state index in [4.69, 9.17) is 5.11 Å². The second-order valence-electron chi connectivity index (χ2n) is 3.22. The molecular formula is C10H23NOV. The van der Waals surface area contributed by atoms with Gasteiger partial charge >= 0.3 is 0 Å². The van der Waals surface area contributed by atoms with Crippen LogP contribution in [0.4, 0.5) is 0 Å². The molecule has 0 saturated heterocycles. The summed E-state index contributed by atoms with van der Waals surface area (Å²) in [5.41, 5.74) is 0. The van der Waals surface area contributed by atoms with Crippen molar-refractivity contribution in [2.24, 2.45) is 0 Å². The van der Waals surface area contributed by atoms with Crippen molar-refractivity contribution in [1.82, 2.24) is 4.90 Å². The second-order valence-corrected chi connectivity index (χ2v) is 3.22. The fraction of sp³-hybridized carbons (Fsp3) is 1.00. The van der Waals surface area contributed by atoms with Crippen molar-refractivity contribution in [2.45, 2.75) is 39.5 Å². The van der Waals surface area contributed by atoms with Crippen LogP contribution in [0.1, 0.15) is 39.5 Å². The molecule has 0 atom stereocenters. The molecule has 0 bridgehead atoms. The first-order chi connectivity index (χ1) is 5.85. The summed E-state index contributed by atoms with van der Waals surface area (Å²) in [4.78, 5) is 2.41. The summed E-state index contributed by atoms with van der Waals surface area (Å²) in [6, 6.07) is 0. The van der Waals surface area contributed by atoms with Crippen LogP contribution in [0.25, 0.3) is 0 Å². The van der Waals surface area contributed by atoms with Crippen molar-refractivity contribution >= 4 is 0 Å². The van der Waals surface area contributed by atoms with Crippen LogP contribution in [-0.2, 0) is 18.6 Å². The first-order valence-electron chi connectivity index (χ1n) is 5.18. The molecule has 1 radical (unpaired) electrons. The van der Waals surface area contributed by atoms with Gasteiger partial charge in [0.05, 0.1) is 0 Å². The Morgan fingerprint density at radius 3 is 2.08 bits per heavy atom. The van der Waals surface area contributed by atoms with Crippen molar-refractivity contribution in [3.63, 3.8) is 0 Å². The SMILES string of the molecule is CCCCCN(CC)CCCO.[V]. The minimum atomic E-state index is 0. The van der Waals surface area contributed by atoms with Crippen LogP contribution in [0.15, 0.2) is 0 Å². The Morgan fingerprint density at radius 1 is 1.00 bits per heavy atom. The number of nitrogens with zero attached hydrogens (tertiary/aromatic N) is 1. The summed E-state index contributed by atoms with van der Waals surface area (Å²) < 4.78 is 0. The molecule has 0 aromatic carbocycles. The van der Waals surface area contributed by atoms with Crippen molar-refractivity contribution < 1.29 is 23.7 Å². The molecule has 3 heteroatoms. The minimum Gasteiger partial charge on any atom is -0.396 e. The molecule has 0 spiro atoms. The minimum absolute atomic E-state index is 0. The van der Waals surface area contributed by atoms with Crippen molar-refractivity contribution in [3.05, 3.63) is 0 Å². The predicted octanol–water partition coefficient (Wildman–Crippen LogP) is 1.88. The Kier molecular flexibility index (Phi) is 15.3. The van der Waals surface area contributed by atoms with E-state index in [1.165, 1.54) is 25.8 Å². The quantitative estimate of drug-likeness (QED) is 0.636. The van der Waals surface area contributed by atoms with Crippen LogP contribution in [-0.4, -0.2) is 36.2 Å². The van der Waals surface area contributed by atoms with Gasteiger partial charge in [0, 0.05) is 31.7 Å². The number of aliphatic hydroxyl groups excluding tert-OH is 1. The van der Waals surface area contributed by atoms with Crippen LogP contribution in [0.5, 0.6) is 0 Å². The maximum atomic E-state index is 8.66. The number of rotatable bonds is 8. The molecule has 0 heterocycles. The van der Waals surface area contributed by atoms with E-state index < -0.39 is 0 Å². The van der Waals surface area contributed by atoms with Crippen molar-refractivity contribution in [2.75, 3.05) is 26.2 Å². The summed E-state index contributed by atoms with van der Waals surface area (Å²) in [5, 5.41) is 8.66. The van der Waals surface area contributed by atoms with E-state index in [-0.39, 0.29) is 18.6 Å². The number of hydrogen-bond acceptors (Lipinski definition) is 2. The summed E-state index contributed by atoms with van der Waals surface area (Å²) in [6.07, 6.45) is 4.84.